The van der Waals surface area contributed by atoms with Crippen LogP contribution in [0.25, 0.3) is 0 Å². The van der Waals surface area contributed by atoms with E-state index in [-0.39, 0.29) is 0 Å². The first-order valence-electron chi connectivity index (χ1n) is 2.31. The Bertz CT molecular complexity index is 208. The van der Waals surface area contributed by atoms with Crippen LogP contribution >= 0.6 is 7.91 Å². The van der Waals surface area contributed by atoms with Gasteiger partial charge in [-0.3, -0.25) is 0 Å². The molecule has 0 aliphatic heterocycles. The Hall–Kier alpha value is -0.710. The van der Waals surface area contributed by atoms with Crippen LogP contribution in [0.15, 0.2) is 0 Å². The Labute approximate surface area is 62.4 Å². The van der Waals surface area contributed by atoms with Gasteiger partial charge in [0.2, 0.25) is 0 Å². The van der Waals surface area contributed by atoms with Gasteiger partial charge in [-0.2, -0.15) is 0 Å². The quantitative estimate of drug-likeness (QED) is 0.488. The van der Waals surface area contributed by atoms with E-state index in [1.54, 1.807) is 11.8 Å². The second kappa shape index (κ2) is 2.73. The summed E-state index contributed by atoms with van der Waals surface area (Å²) in [7, 11) is -7.00. The van der Waals surface area contributed by atoms with Crippen molar-refractivity contribution in [3.05, 3.63) is 0 Å². The molecule has 0 heterocycles. The molecule has 0 aromatic rings. The summed E-state index contributed by atoms with van der Waals surface area (Å²) >= 11 is 0. The molecule has 0 atom stereocenters. The standard InChI is InChI=1S/C5H5F2O3P/c1-3-5(4-2)10-11(6,7,8)9/h1-2,5,8-9H. The van der Waals surface area contributed by atoms with Gasteiger partial charge in [0.1, 0.15) is 0 Å². The van der Waals surface area contributed by atoms with E-state index in [1.165, 1.54) is 0 Å². The van der Waals surface area contributed by atoms with E-state index >= 15 is 0 Å². The van der Waals surface area contributed by atoms with Crippen molar-refractivity contribution in [2.45, 2.75) is 6.10 Å². The molecule has 0 aromatic heterocycles. The second-order valence-electron chi connectivity index (χ2n) is 1.58. The third-order valence-electron chi connectivity index (χ3n) is 0.582. The van der Waals surface area contributed by atoms with Gasteiger partial charge in [-0.15, -0.1) is 0 Å². The molecule has 2 N–H and O–H groups in total. The minimum atomic E-state index is -7.00. The normalized spacial score (nSPS) is 14.6. The first-order chi connectivity index (χ1) is 4.74. The number of hydrogen-bond acceptors (Lipinski definition) is 3. The molecule has 0 saturated carbocycles. The summed E-state index contributed by atoms with van der Waals surface area (Å²) in [5.41, 5.74) is 0. The van der Waals surface area contributed by atoms with E-state index in [2.05, 4.69) is 17.4 Å². The number of rotatable bonds is 2. The molecule has 0 spiro atoms. The summed E-state index contributed by atoms with van der Waals surface area (Å²) in [6.07, 6.45) is 7.47. The van der Waals surface area contributed by atoms with Gasteiger partial charge in [-0.05, 0) is 0 Å². The number of halogens is 2. The van der Waals surface area contributed by atoms with Gasteiger partial charge in [0, 0.05) is 0 Å². The van der Waals surface area contributed by atoms with Crippen LogP contribution in [0.5, 0.6) is 0 Å². The summed E-state index contributed by atoms with van der Waals surface area (Å²) in [6, 6.07) is 0. The monoisotopic (exact) mass is 182 g/mol. The van der Waals surface area contributed by atoms with Crippen LogP contribution in [-0.4, -0.2) is 15.9 Å². The molecule has 0 rings (SSSR count). The number of terminal acetylenes is 2. The van der Waals surface area contributed by atoms with Crippen molar-refractivity contribution in [2.24, 2.45) is 0 Å². The molecule has 0 aliphatic carbocycles. The van der Waals surface area contributed by atoms with Crippen molar-refractivity contribution < 1.29 is 22.7 Å². The van der Waals surface area contributed by atoms with Gasteiger partial charge in [-0.25, -0.2) is 0 Å². The summed E-state index contributed by atoms with van der Waals surface area (Å²) in [6.45, 7) is 0. The molecular weight excluding hydrogens is 177 g/mol. The predicted molar refractivity (Wildman–Crippen MR) is 36.1 cm³/mol. The molecule has 0 bridgehead atoms. The van der Waals surface area contributed by atoms with Crippen LogP contribution in [0.1, 0.15) is 0 Å². The van der Waals surface area contributed by atoms with Crippen molar-refractivity contribution in [1.29, 1.82) is 0 Å². The second-order valence-corrected chi connectivity index (χ2v) is 3.30. The van der Waals surface area contributed by atoms with Gasteiger partial charge in [0.15, 0.2) is 0 Å². The molecule has 3 nitrogen and oxygen atoms in total. The van der Waals surface area contributed by atoms with E-state index in [4.69, 9.17) is 9.79 Å². The Kier molecular flexibility index (Phi) is 2.55. The van der Waals surface area contributed by atoms with Crippen LogP contribution in [0.3, 0.4) is 0 Å². The summed E-state index contributed by atoms with van der Waals surface area (Å²) in [5, 5.41) is 0. The zero-order valence-electron chi connectivity index (χ0n) is 5.24. The first kappa shape index (κ1) is 10.3. The summed E-state index contributed by atoms with van der Waals surface area (Å²) in [4.78, 5) is 15.7. The van der Waals surface area contributed by atoms with Crippen molar-refractivity contribution >= 4 is 7.91 Å². The Morgan fingerprint density at radius 3 is 1.73 bits per heavy atom. The molecule has 0 aromatic carbocycles. The van der Waals surface area contributed by atoms with Crippen molar-refractivity contribution in [2.75, 3.05) is 0 Å². The zero-order chi connectivity index (χ0) is 9.15. The molecule has 0 radical (unpaired) electrons. The summed E-state index contributed by atoms with van der Waals surface area (Å²) in [5.74, 6) is 3.22. The molecule has 0 amide bonds. The first-order valence-corrected chi connectivity index (χ1v) is 4.15. The van der Waals surface area contributed by atoms with Crippen LogP contribution < -0.4 is 0 Å². The Balaban J connectivity index is 4.31. The van der Waals surface area contributed by atoms with Crippen LogP contribution in [0, 0.1) is 24.7 Å². The average Bonchev–Trinajstić information content (AvgIpc) is 1.79. The molecule has 6 heteroatoms. The van der Waals surface area contributed by atoms with Crippen LogP contribution in [-0.2, 0) is 4.52 Å². The van der Waals surface area contributed by atoms with E-state index in [0.29, 0.717) is 0 Å². The SMILES string of the molecule is C#CC(C#C)OP(O)(O)(F)F. The molecule has 0 unspecified atom stereocenters. The predicted octanol–water partition coefficient (Wildman–Crippen LogP) is 0.690. The molecule has 0 saturated heterocycles. The number of hydrogen-bond donors (Lipinski definition) is 2. The molecule has 11 heavy (non-hydrogen) atoms. The van der Waals surface area contributed by atoms with E-state index < -0.39 is 14.0 Å². The maximum atomic E-state index is 11.9. The fraction of sp³-hybridized carbons (Fsp3) is 0.200. The van der Waals surface area contributed by atoms with E-state index in [1.807, 2.05) is 0 Å². The van der Waals surface area contributed by atoms with Gasteiger partial charge in [0.05, 0.1) is 0 Å². The van der Waals surface area contributed by atoms with Gasteiger partial charge in [-0.1, -0.05) is 0 Å². The van der Waals surface area contributed by atoms with Gasteiger partial charge >= 0.3 is 61.4 Å². The third-order valence-corrected chi connectivity index (χ3v) is 1.14. The van der Waals surface area contributed by atoms with Crippen molar-refractivity contribution in [3.63, 3.8) is 0 Å². The Morgan fingerprint density at radius 2 is 1.64 bits per heavy atom. The van der Waals surface area contributed by atoms with Gasteiger partial charge in [0.25, 0.3) is 0 Å². The van der Waals surface area contributed by atoms with Crippen LogP contribution in [0.4, 0.5) is 8.39 Å². The molecule has 0 aliphatic rings. The van der Waals surface area contributed by atoms with Crippen molar-refractivity contribution in [1.82, 2.24) is 0 Å². The fourth-order valence-electron chi connectivity index (χ4n) is 0.283. The van der Waals surface area contributed by atoms with Crippen LogP contribution in [0.2, 0.25) is 0 Å². The van der Waals surface area contributed by atoms with E-state index in [0.717, 1.165) is 0 Å². The summed E-state index contributed by atoms with van der Waals surface area (Å²) < 4.78 is 27.1. The maximum absolute atomic E-state index is 11.9. The van der Waals surface area contributed by atoms with E-state index in [9.17, 15) is 8.39 Å². The topological polar surface area (TPSA) is 49.7 Å². The van der Waals surface area contributed by atoms with Crippen molar-refractivity contribution in [3.8, 4) is 24.7 Å². The zero-order valence-corrected chi connectivity index (χ0v) is 6.13. The molecule has 0 fully saturated rings. The third kappa shape index (κ3) is 5.72. The fourth-order valence-corrected chi connectivity index (χ4v) is 0.753. The minimum absolute atomic E-state index is 1.61. The molecule has 62 valence electrons. The Morgan fingerprint density at radius 1 is 1.27 bits per heavy atom. The molecular formula is C5H5F2O3P. The van der Waals surface area contributed by atoms with Gasteiger partial charge < -0.3 is 0 Å². The average molecular weight is 182 g/mol.